The molecule has 1 heterocycles. The van der Waals surface area contributed by atoms with E-state index < -0.39 is 64.4 Å². The zero-order chi connectivity index (χ0) is 34.5. The lowest BCUT2D eigenvalue weighted by molar-refractivity contribution is -0.328. The largest absolute Gasteiger partial charge is 0.481 e. The standard InChI is InChI=1S/C36H56O11/c1-31(30(44)45-6)11-13-36(29(42)43)14-12-34(4)19(20(36)15-31)7-8-24-32(2)16-21(38)27(47-28-26(41)25(40)22(39)17-46-28)33(3,18-37)23(32)9-10-35(24,34)5/h7,20-28,37-41H,8-18H2,1-6H3,(H,42,43)/t20-,21-,22+,23+,24+,25-,26+,27-,28-,31-,32-,33?,34+,35+,36-/m0/s1. The molecule has 0 aromatic carbocycles. The molecule has 0 aromatic rings. The SMILES string of the molecule is COC(=O)[C@@]1(C)CC[C@]2(C(=O)O)CC[C@]3(C)C(=CC[C@@H]4[C@@]5(C)C[C@H](O)[C@H](O[C@@H]6OC[C@@H](O)[C@H](O)[C@H]6O)C(C)(CO)[C@@H]5CC[C@]43C)[C@@H]2C1. The Labute approximate surface area is 277 Å². The van der Waals surface area contributed by atoms with Gasteiger partial charge in [0, 0.05) is 5.41 Å². The minimum atomic E-state index is -1.51. The Hall–Kier alpha value is -1.60. The summed E-state index contributed by atoms with van der Waals surface area (Å²) in [5.74, 6) is -1.29. The van der Waals surface area contributed by atoms with E-state index in [4.69, 9.17) is 14.2 Å². The minimum Gasteiger partial charge on any atom is -0.481 e. The Morgan fingerprint density at radius 3 is 2.23 bits per heavy atom. The molecule has 0 aromatic heterocycles. The number of hydrogen-bond acceptors (Lipinski definition) is 10. The molecule has 6 aliphatic rings. The molecule has 6 N–H and O–H groups in total. The molecule has 1 saturated heterocycles. The molecule has 0 amide bonds. The van der Waals surface area contributed by atoms with Crippen molar-refractivity contribution in [2.24, 2.45) is 50.2 Å². The molecule has 6 rings (SSSR count). The van der Waals surface area contributed by atoms with E-state index in [0.29, 0.717) is 38.5 Å². The number of esters is 1. The number of aliphatic carboxylic acids is 1. The third kappa shape index (κ3) is 4.69. The zero-order valence-electron chi connectivity index (χ0n) is 28.8. The molecule has 47 heavy (non-hydrogen) atoms. The van der Waals surface area contributed by atoms with E-state index in [-0.39, 0.29) is 47.8 Å². The molecule has 11 nitrogen and oxygen atoms in total. The summed E-state index contributed by atoms with van der Waals surface area (Å²) in [4.78, 5) is 26.1. The van der Waals surface area contributed by atoms with Crippen LogP contribution in [-0.2, 0) is 23.8 Å². The maximum atomic E-state index is 13.1. The van der Waals surface area contributed by atoms with Crippen molar-refractivity contribution in [3.8, 4) is 0 Å². The molecule has 0 radical (unpaired) electrons. The van der Waals surface area contributed by atoms with Gasteiger partial charge in [-0.1, -0.05) is 39.3 Å². The van der Waals surface area contributed by atoms with Crippen LogP contribution >= 0.6 is 0 Å². The Bertz CT molecular complexity index is 1300. The lowest BCUT2D eigenvalue weighted by Crippen LogP contribution is -2.69. The average molecular weight is 665 g/mol. The number of allylic oxidation sites excluding steroid dienone is 2. The predicted octanol–water partition coefficient (Wildman–Crippen LogP) is 2.79. The second-order valence-corrected chi connectivity index (χ2v) is 17.3. The van der Waals surface area contributed by atoms with E-state index in [1.165, 1.54) is 7.11 Å². The molecule has 0 spiro atoms. The molecule has 266 valence electrons. The van der Waals surface area contributed by atoms with E-state index >= 15 is 0 Å². The monoisotopic (exact) mass is 664 g/mol. The lowest BCUT2D eigenvalue weighted by atomic mass is 9.33. The summed E-state index contributed by atoms with van der Waals surface area (Å²) >= 11 is 0. The number of carboxylic acids is 1. The van der Waals surface area contributed by atoms with Crippen LogP contribution in [0.15, 0.2) is 11.6 Å². The molecule has 5 fully saturated rings. The molecule has 0 bridgehead atoms. The van der Waals surface area contributed by atoms with Gasteiger partial charge in [0.2, 0.25) is 0 Å². The second kappa shape index (κ2) is 11.5. The third-order valence-electron chi connectivity index (χ3n) is 15.3. The van der Waals surface area contributed by atoms with Gasteiger partial charge in [-0.05, 0) is 98.7 Å². The van der Waals surface area contributed by atoms with Gasteiger partial charge in [-0.2, -0.15) is 0 Å². The van der Waals surface area contributed by atoms with Gasteiger partial charge < -0.3 is 44.8 Å². The van der Waals surface area contributed by atoms with Crippen LogP contribution in [0.4, 0.5) is 0 Å². The molecular formula is C36H56O11. The van der Waals surface area contributed by atoms with E-state index in [9.17, 15) is 40.2 Å². The summed E-state index contributed by atoms with van der Waals surface area (Å²) in [7, 11) is 1.40. The molecule has 5 aliphatic carbocycles. The van der Waals surface area contributed by atoms with Crippen LogP contribution < -0.4 is 0 Å². The van der Waals surface area contributed by atoms with Crippen molar-refractivity contribution < 1.29 is 54.4 Å². The molecule has 1 unspecified atom stereocenters. The number of fused-ring (bicyclic) bond motifs is 7. The Morgan fingerprint density at radius 2 is 1.60 bits per heavy atom. The molecule has 15 atom stereocenters. The first-order valence-corrected chi connectivity index (χ1v) is 17.5. The summed E-state index contributed by atoms with van der Waals surface area (Å²) in [6.07, 6.45) is 0.204. The van der Waals surface area contributed by atoms with Crippen molar-refractivity contribution in [2.75, 3.05) is 20.3 Å². The molecule has 4 saturated carbocycles. The van der Waals surface area contributed by atoms with E-state index in [0.717, 1.165) is 24.8 Å². The number of aliphatic hydroxyl groups is 5. The fraction of sp³-hybridized carbons (Fsp3) is 0.889. The van der Waals surface area contributed by atoms with E-state index in [1.54, 1.807) is 0 Å². The van der Waals surface area contributed by atoms with Crippen molar-refractivity contribution >= 4 is 11.9 Å². The van der Waals surface area contributed by atoms with Crippen LogP contribution in [0.25, 0.3) is 0 Å². The Balaban J connectivity index is 1.35. The zero-order valence-corrected chi connectivity index (χ0v) is 28.8. The van der Waals surface area contributed by atoms with Crippen LogP contribution in [0.2, 0.25) is 0 Å². The fourth-order valence-electron chi connectivity index (χ4n) is 12.3. The lowest BCUT2D eigenvalue weighted by Gasteiger charge is -2.71. The number of ether oxygens (including phenoxy) is 3. The van der Waals surface area contributed by atoms with Gasteiger partial charge in [0.15, 0.2) is 6.29 Å². The summed E-state index contributed by atoms with van der Waals surface area (Å²) in [6.45, 7) is 10.2. The molecular weight excluding hydrogens is 608 g/mol. The highest BCUT2D eigenvalue weighted by atomic mass is 16.7. The van der Waals surface area contributed by atoms with Crippen molar-refractivity contribution in [3.63, 3.8) is 0 Å². The number of carboxylic acid groups (broad SMARTS) is 1. The highest BCUT2D eigenvalue weighted by molar-refractivity contribution is 5.80. The van der Waals surface area contributed by atoms with Gasteiger partial charge in [0.05, 0.1) is 43.4 Å². The number of hydrogen-bond donors (Lipinski definition) is 6. The summed E-state index contributed by atoms with van der Waals surface area (Å²) in [6, 6.07) is 0. The molecule has 1 aliphatic heterocycles. The smallest absolute Gasteiger partial charge is 0.311 e. The van der Waals surface area contributed by atoms with Gasteiger partial charge in [-0.15, -0.1) is 0 Å². The predicted molar refractivity (Wildman–Crippen MR) is 168 cm³/mol. The van der Waals surface area contributed by atoms with Crippen LogP contribution in [-0.4, -0.2) is 99.7 Å². The minimum absolute atomic E-state index is 0.0553. The number of carbonyl (C=O) groups excluding carboxylic acids is 1. The maximum Gasteiger partial charge on any atom is 0.311 e. The number of rotatable bonds is 5. The van der Waals surface area contributed by atoms with Gasteiger partial charge in [-0.25, -0.2) is 0 Å². The maximum absolute atomic E-state index is 13.1. The average Bonchev–Trinajstić information content (AvgIpc) is 3.02. The Morgan fingerprint density at radius 1 is 0.915 bits per heavy atom. The van der Waals surface area contributed by atoms with Gasteiger partial charge >= 0.3 is 11.9 Å². The van der Waals surface area contributed by atoms with Gasteiger partial charge in [0.25, 0.3) is 0 Å². The van der Waals surface area contributed by atoms with Crippen molar-refractivity contribution in [1.82, 2.24) is 0 Å². The number of aliphatic hydroxyl groups excluding tert-OH is 5. The third-order valence-corrected chi connectivity index (χ3v) is 15.3. The Kier molecular flexibility index (Phi) is 8.60. The highest BCUT2D eigenvalue weighted by Gasteiger charge is 2.71. The summed E-state index contributed by atoms with van der Waals surface area (Å²) < 4.78 is 17.0. The number of methoxy groups -OCH3 is 1. The summed E-state index contributed by atoms with van der Waals surface area (Å²) in [5, 5.41) is 64.3. The topological polar surface area (TPSA) is 183 Å². The quantitative estimate of drug-likeness (QED) is 0.144. The van der Waals surface area contributed by atoms with Crippen LogP contribution in [0.1, 0.15) is 92.4 Å². The fourth-order valence-corrected chi connectivity index (χ4v) is 12.3. The normalized spacial score (nSPS) is 54.2. The first-order chi connectivity index (χ1) is 21.9. The van der Waals surface area contributed by atoms with Crippen molar-refractivity contribution in [2.45, 2.75) is 129 Å². The van der Waals surface area contributed by atoms with Crippen molar-refractivity contribution in [1.29, 1.82) is 0 Å². The van der Waals surface area contributed by atoms with Crippen molar-refractivity contribution in [3.05, 3.63) is 11.6 Å². The van der Waals surface area contributed by atoms with Crippen LogP contribution in [0.5, 0.6) is 0 Å². The second-order valence-electron chi connectivity index (χ2n) is 17.3. The van der Waals surface area contributed by atoms with Gasteiger partial charge in [-0.3, -0.25) is 9.59 Å². The van der Waals surface area contributed by atoms with Gasteiger partial charge in [0.1, 0.15) is 18.3 Å². The van der Waals surface area contributed by atoms with Crippen LogP contribution in [0, 0.1) is 50.2 Å². The first-order valence-electron chi connectivity index (χ1n) is 17.5. The van der Waals surface area contributed by atoms with E-state index in [1.807, 2.05) is 13.8 Å². The van der Waals surface area contributed by atoms with Crippen LogP contribution in [0.3, 0.4) is 0 Å². The first kappa shape index (κ1) is 35.2. The number of carbonyl (C=O) groups is 2. The highest BCUT2D eigenvalue weighted by Crippen LogP contribution is 2.76. The van der Waals surface area contributed by atoms with E-state index in [2.05, 4.69) is 26.8 Å². The summed E-state index contributed by atoms with van der Waals surface area (Å²) in [5.41, 5.74) is -2.39. The molecule has 11 heteroatoms.